The van der Waals surface area contributed by atoms with E-state index in [1.165, 1.54) is 0 Å². The Balaban J connectivity index is 1.30. The van der Waals surface area contributed by atoms with E-state index >= 15 is 0 Å². The highest BCUT2D eigenvalue weighted by Crippen LogP contribution is 2.22. The van der Waals surface area contributed by atoms with Gasteiger partial charge < -0.3 is 14.7 Å². The average molecular weight is 413 g/mol. The van der Waals surface area contributed by atoms with Gasteiger partial charge in [0.1, 0.15) is 6.54 Å². The smallest absolute Gasteiger partial charge is 0.325 e. The number of carbonyl (C=O) groups is 2. The number of rotatable bonds is 4. The van der Waals surface area contributed by atoms with Gasteiger partial charge in [0, 0.05) is 55.7 Å². The number of benzene rings is 2. The van der Waals surface area contributed by atoms with Crippen molar-refractivity contribution in [1.82, 2.24) is 9.80 Å². The second kappa shape index (κ2) is 8.33. The quantitative estimate of drug-likeness (QED) is 0.774. The Hall–Kier alpha value is -2.73. The van der Waals surface area contributed by atoms with E-state index in [9.17, 15) is 9.59 Å². The normalized spacial score (nSPS) is 17.2. The van der Waals surface area contributed by atoms with Gasteiger partial charge in [-0.25, -0.2) is 4.79 Å². The van der Waals surface area contributed by atoms with Crippen LogP contribution in [-0.4, -0.2) is 67.6 Å². The van der Waals surface area contributed by atoms with Crippen molar-refractivity contribution in [3.05, 3.63) is 59.1 Å². The van der Waals surface area contributed by atoms with Gasteiger partial charge >= 0.3 is 6.03 Å². The summed E-state index contributed by atoms with van der Waals surface area (Å²) in [5.74, 6) is 0.0138. The van der Waals surface area contributed by atoms with Crippen LogP contribution in [-0.2, 0) is 4.79 Å². The third kappa shape index (κ3) is 4.32. The SMILES string of the molecule is Cc1ccc(N2CCN(CC(=O)N3CCN(c4ccc(Cl)cc4)CC3)C2=O)cc1. The van der Waals surface area contributed by atoms with E-state index in [2.05, 4.69) is 4.90 Å². The van der Waals surface area contributed by atoms with Gasteiger partial charge in [-0.15, -0.1) is 0 Å². The predicted molar refractivity (Wildman–Crippen MR) is 116 cm³/mol. The number of hydrogen-bond acceptors (Lipinski definition) is 3. The Kier molecular flexibility index (Phi) is 5.62. The molecule has 4 rings (SSSR count). The summed E-state index contributed by atoms with van der Waals surface area (Å²) in [5, 5.41) is 0.720. The van der Waals surface area contributed by atoms with Crippen molar-refractivity contribution in [3.8, 4) is 0 Å². The molecular formula is C22H25ClN4O2. The molecule has 2 saturated heterocycles. The van der Waals surface area contributed by atoms with Crippen LogP contribution < -0.4 is 9.80 Å². The highest BCUT2D eigenvalue weighted by atomic mass is 35.5. The lowest BCUT2D eigenvalue weighted by Crippen LogP contribution is -2.51. The molecule has 2 aromatic carbocycles. The fourth-order valence-corrected chi connectivity index (χ4v) is 3.95. The van der Waals surface area contributed by atoms with Crippen molar-refractivity contribution in [1.29, 1.82) is 0 Å². The number of aryl methyl sites for hydroxylation is 1. The van der Waals surface area contributed by atoms with Crippen LogP contribution in [0.3, 0.4) is 0 Å². The zero-order valence-electron chi connectivity index (χ0n) is 16.6. The van der Waals surface area contributed by atoms with Crippen LogP contribution in [0.25, 0.3) is 0 Å². The van der Waals surface area contributed by atoms with Crippen molar-refractivity contribution in [3.63, 3.8) is 0 Å². The molecule has 2 aromatic rings. The number of urea groups is 1. The lowest BCUT2D eigenvalue weighted by atomic mass is 10.2. The molecule has 0 atom stereocenters. The second-order valence-electron chi connectivity index (χ2n) is 7.54. The van der Waals surface area contributed by atoms with Crippen molar-refractivity contribution in [2.45, 2.75) is 6.92 Å². The van der Waals surface area contributed by atoms with Crippen molar-refractivity contribution in [2.24, 2.45) is 0 Å². The van der Waals surface area contributed by atoms with Gasteiger partial charge in [0.25, 0.3) is 0 Å². The van der Waals surface area contributed by atoms with E-state index in [0.29, 0.717) is 26.2 Å². The molecule has 152 valence electrons. The fourth-order valence-electron chi connectivity index (χ4n) is 3.82. The van der Waals surface area contributed by atoms with Gasteiger partial charge in [0.2, 0.25) is 5.91 Å². The summed E-state index contributed by atoms with van der Waals surface area (Å²) < 4.78 is 0. The molecule has 0 unspecified atom stereocenters. The zero-order valence-corrected chi connectivity index (χ0v) is 17.3. The molecule has 6 nitrogen and oxygen atoms in total. The monoisotopic (exact) mass is 412 g/mol. The molecule has 2 heterocycles. The molecule has 0 aliphatic carbocycles. The van der Waals surface area contributed by atoms with Gasteiger partial charge in [-0.1, -0.05) is 29.3 Å². The van der Waals surface area contributed by atoms with E-state index in [-0.39, 0.29) is 18.5 Å². The summed E-state index contributed by atoms with van der Waals surface area (Å²) in [6.45, 7) is 6.21. The Labute approximate surface area is 176 Å². The molecule has 0 N–H and O–H groups in total. The van der Waals surface area contributed by atoms with Crippen LogP contribution in [0.5, 0.6) is 0 Å². The summed E-state index contributed by atoms with van der Waals surface area (Å²) in [6, 6.07) is 15.6. The molecule has 0 aromatic heterocycles. The Morgan fingerprint density at radius 3 is 2.14 bits per heavy atom. The number of piperazine rings is 1. The predicted octanol–water partition coefficient (Wildman–Crippen LogP) is 3.24. The summed E-state index contributed by atoms with van der Waals surface area (Å²) >= 11 is 5.96. The maximum absolute atomic E-state index is 12.8. The van der Waals surface area contributed by atoms with Crippen molar-refractivity contribution < 1.29 is 9.59 Å². The first kappa shape index (κ1) is 19.6. The minimum absolute atomic E-state index is 0.0138. The topological polar surface area (TPSA) is 47.1 Å². The van der Waals surface area contributed by atoms with E-state index in [4.69, 9.17) is 11.6 Å². The second-order valence-corrected chi connectivity index (χ2v) is 7.97. The minimum Gasteiger partial charge on any atom is -0.368 e. The summed E-state index contributed by atoms with van der Waals surface area (Å²) in [5.41, 5.74) is 3.15. The molecule has 0 radical (unpaired) electrons. The number of halogens is 1. The lowest BCUT2D eigenvalue weighted by molar-refractivity contribution is -0.131. The number of carbonyl (C=O) groups excluding carboxylic acids is 2. The number of hydrogen-bond donors (Lipinski definition) is 0. The molecule has 0 saturated carbocycles. The number of anilines is 2. The van der Waals surface area contributed by atoms with Gasteiger partial charge in [-0.2, -0.15) is 0 Å². The third-order valence-electron chi connectivity index (χ3n) is 5.59. The van der Waals surface area contributed by atoms with Crippen molar-refractivity contribution >= 4 is 34.9 Å². The molecule has 3 amide bonds. The summed E-state index contributed by atoms with van der Waals surface area (Å²) in [6.07, 6.45) is 0. The maximum atomic E-state index is 12.8. The molecule has 29 heavy (non-hydrogen) atoms. The molecule has 0 spiro atoms. The van der Waals surface area contributed by atoms with Gasteiger partial charge in [0.05, 0.1) is 0 Å². The van der Waals surface area contributed by atoms with Crippen LogP contribution in [0.1, 0.15) is 5.56 Å². The van der Waals surface area contributed by atoms with E-state index in [1.807, 2.05) is 60.4 Å². The van der Waals surface area contributed by atoms with Crippen LogP contribution in [0, 0.1) is 6.92 Å². The standard InChI is InChI=1S/C22H25ClN4O2/c1-17-2-6-20(7-3-17)27-15-14-26(22(27)29)16-21(28)25-12-10-24(11-13-25)19-8-4-18(23)5-9-19/h2-9H,10-16H2,1H3. The Bertz CT molecular complexity index is 877. The van der Waals surface area contributed by atoms with Crippen LogP contribution >= 0.6 is 11.6 Å². The molecule has 2 aliphatic rings. The first-order valence-electron chi connectivity index (χ1n) is 9.93. The summed E-state index contributed by atoms with van der Waals surface area (Å²) in [7, 11) is 0. The molecule has 0 bridgehead atoms. The molecular weight excluding hydrogens is 388 g/mol. The number of amides is 3. The van der Waals surface area contributed by atoms with Crippen LogP contribution in [0.15, 0.2) is 48.5 Å². The zero-order chi connectivity index (χ0) is 20.4. The average Bonchev–Trinajstić information content (AvgIpc) is 3.09. The van der Waals surface area contributed by atoms with Gasteiger partial charge in [-0.3, -0.25) is 9.69 Å². The molecule has 2 aliphatic heterocycles. The lowest BCUT2D eigenvalue weighted by Gasteiger charge is -2.36. The van der Waals surface area contributed by atoms with E-state index < -0.39 is 0 Å². The van der Waals surface area contributed by atoms with Crippen LogP contribution in [0.2, 0.25) is 5.02 Å². The van der Waals surface area contributed by atoms with Gasteiger partial charge in [-0.05, 0) is 43.3 Å². The highest BCUT2D eigenvalue weighted by molar-refractivity contribution is 6.30. The van der Waals surface area contributed by atoms with E-state index in [0.717, 1.165) is 35.1 Å². The maximum Gasteiger partial charge on any atom is 0.325 e. The largest absolute Gasteiger partial charge is 0.368 e. The Morgan fingerprint density at radius 1 is 0.862 bits per heavy atom. The first-order chi connectivity index (χ1) is 14.0. The highest BCUT2D eigenvalue weighted by Gasteiger charge is 2.32. The fraction of sp³-hybridized carbons (Fsp3) is 0.364. The first-order valence-corrected chi connectivity index (χ1v) is 10.3. The molecule has 2 fully saturated rings. The number of nitrogens with zero attached hydrogens (tertiary/aromatic N) is 4. The Morgan fingerprint density at radius 2 is 1.48 bits per heavy atom. The summed E-state index contributed by atoms with van der Waals surface area (Å²) in [4.78, 5) is 33.0. The van der Waals surface area contributed by atoms with E-state index in [1.54, 1.807) is 9.80 Å². The third-order valence-corrected chi connectivity index (χ3v) is 5.84. The molecule has 7 heteroatoms. The minimum atomic E-state index is -0.0954. The van der Waals surface area contributed by atoms with Crippen molar-refractivity contribution in [2.75, 3.05) is 55.6 Å². The van der Waals surface area contributed by atoms with Crippen LogP contribution in [0.4, 0.5) is 16.2 Å². The van der Waals surface area contributed by atoms with Gasteiger partial charge in [0.15, 0.2) is 0 Å².